The second-order valence-electron chi connectivity index (χ2n) is 11.8. The Bertz CT molecular complexity index is 2840. The van der Waals surface area contributed by atoms with E-state index in [2.05, 4.69) is 78.9 Å². The maximum atomic E-state index is 6.65. The zero-order chi connectivity index (χ0) is 31.6. The number of fused-ring (bicyclic) bond motifs is 7. The van der Waals surface area contributed by atoms with Gasteiger partial charge in [0.15, 0.2) is 17.5 Å². The summed E-state index contributed by atoms with van der Waals surface area (Å²) >= 11 is 1.79. The topological polar surface area (TPSA) is 64.7 Å². The first kappa shape index (κ1) is 26.9. The molecule has 6 aromatic carbocycles. The van der Waals surface area contributed by atoms with Crippen molar-refractivity contribution in [3.05, 3.63) is 146 Å². The molecule has 10 rings (SSSR count). The van der Waals surface area contributed by atoms with Gasteiger partial charge < -0.3 is 4.42 Å². The lowest BCUT2D eigenvalue weighted by molar-refractivity contribution is 0.657. The maximum Gasteiger partial charge on any atom is 0.227 e. The van der Waals surface area contributed by atoms with Crippen molar-refractivity contribution >= 4 is 64.5 Å². The Kier molecular flexibility index (Phi) is 5.98. The van der Waals surface area contributed by atoms with Crippen molar-refractivity contribution < 1.29 is 4.42 Å². The van der Waals surface area contributed by atoms with Gasteiger partial charge in [0.25, 0.3) is 0 Å². The summed E-state index contributed by atoms with van der Waals surface area (Å²) in [7, 11) is 0. The van der Waals surface area contributed by atoms with Crippen LogP contribution in [-0.2, 0) is 0 Å². The summed E-state index contributed by atoms with van der Waals surface area (Å²) in [6, 6.07) is 49.9. The molecule has 0 atom stereocenters. The van der Waals surface area contributed by atoms with Gasteiger partial charge >= 0.3 is 0 Å². The smallest absolute Gasteiger partial charge is 0.227 e. The molecule has 0 saturated carbocycles. The summed E-state index contributed by atoms with van der Waals surface area (Å²) < 4.78 is 9.09. The highest BCUT2D eigenvalue weighted by Crippen LogP contribution is 2.43. The molecule has 10 aromatic rings. The van der Waals surface area contributed by atoms with Crippen LogP contribution in [0, 0.1) is 0 Å². The van der Waals surface area contributed by atoms with Crippen molar-refractivity contribution in [1.29, 1.82) is 0 Å². The number of thiophene rings is 1. The molecule has 4 heterocycles. The van der Waals surface area contributed by atoms with Gasteiger partial charge in [-0.3, -0.25) is 0 Å². The lowest BCUT2D eigenvalue weighted by Crippen LogP contribution is -2.01. The van der Waals surface area contributed by atoms with Crippen LogP contribution < -0.4 is 0 Å². The Morgan fingerprint density at radius 2 is 1.08 bits per heavy atom. The minimum Gasteiger partial charge on any atom is -0.437 e. The lowest BCUT2D eigenvalue weighted by atomic mass is 9.98. The van der Waals surface area contributed by atoms with Crippen LogP contribution in [0.3, 0.4) is 0 Å². The zero-order valence-electron chi connectivity index (χ0n) is 25.5. The van der Waals surface area contributed by atoms with Gasteiger partial charge in [-0.1, -0.05) is 109 Å². The van der Waals surface area contributed by atoms with Gasteiger partial charge in [0, 0.05) is 58.6 Å². The molecule has 5 nitrogen and oxygen atoms in total. The number of hydrogen-bond donors (Lipinski definition) is 0. The van der Waals surface area contributed by atoms with Crippen LogP contribution in [-0.4, -0.2) is 19.9 Å². The maximum absolute atomic E-state index is 6.65. The molecular formula is C42H24N4OS. The number of benzene rings is 6. The molecule has 0 N–H and O–H groups in total. The van der Waals surface area contributed by atoms with Gasteiger partial charge in [0.2, 0.25) is 5.71 Å². The molecule has 0 fully saturated rings. The summed E-state index contributed by atoms with van der Waals surface area (Å²) in [5.74, 6) is 1.82. The Hall–Kier alpha value is -6.24. The van der Waals surface area contributed by atoms with Crippen LogP contribution >= 0.6 is 11.3 Å². The van der Waals surface area contributed by atoms with Gasteiger partial charge in [-0.15, -0.1) is 11.3 Å². The Morgan fingerprint density at radius 3 is 1.92 bits per heavy atom. The van der Waals surface area contributed by atoms with Crippen molar-refractivity contribution in [1.82, 2.24) is 19.9 Å². The molecule has 0 radical (unpaired) electrons. The molecule has 48 heavy (non-hydrogen) atoms. The normalized spacial score (nSPS) is 11.8. The third-order valence-electron chi connectivity index (χ3n) is 8.95. The molecule has 0 unspecified atom stereocenters. The first-order chi connectivity index (χ1) is 23.8. The van der Waals surface area contributed by atoms with E-state index in [4.69, 9.17) is 24.4 Å². The van der Waals surface area contributed by atoms with Crippen LogP contribution in [0.4, 0.5) is 0 Å². The molecule has 0 amide bonds. The number of nitrogens with zero attached hydrogens (tertiary/aromatic N) is 4. The van der Waals surface area contributed by atoms with Gasteiger partial charge in [0.05, 0.1) is 5.52 Å². The van der Waals surface area contributed by atoms with Crippen LogP contribution in [0.25, 0.3) is 98.4 Å². The van der Waals surface area contributed by atoms with E-state index >= 15 is 0 Å². The molecule has 0 aliphatic carbocycles. The Labute approximate surface area is 278 Å². The molecule has 224 valence electrons. The van der Waals surface area contributed by atoms with Gasteiger partial charge in [0.1, 0.15) is 5.58 Å². The largest absolute Gasteiger partial charge is 0.437 e. The van der Waals surface area contributed by atoms with E-state index in [1.807, 2.05) is 66.7 Å². The van der Waals surface area contributed by atoms with Crippen molar-refractivity contribution in [2.24, 2.45) is 0 Å². The average molecular weight is 633 g/mol. The SMILES string of the molecule is c1ccc(-c2nc(-c3cccc4sc5ccccc5c34)nc(-c3ccc(-c4ccccc4)c4oc5nc6ccccc6cc5c34)n2)cc1. The number of rotatable bonds is 4. The zero-order valence-corrected chi connectivity index (χ0v) is 26.3. The standard InChI is InChI=1S/C42H24N4OS/c1-3-12-25(13-4-1)28-22-23-31(37-32-24-27-16-7-9-19-33(27)43-42(32)47-38(28)37)41-45-39(26-14-5-2-6-15-26)44-40(46-41)30-18-11-21-35-36(30)29-17-8-10-20-34(29)48-35/h1-24H. The molecule has 0 aliphatic rings. The van der Waals surface area contributed by atoms with E-state index in [0.29, 0.717) is 23.2 Å². The molecular weight excluding hydrogens is 609 g/mol. The summed E-state index contributed by atoms with van der Waals surface area (Å²) in [4.78, 5) is 20.5. The third kappa shape index (κ3) is 4.24. The molecule has 6 heteroatoms. The second kappa shape index (κ2) is 10.7. The third-order valence-corrected chi connectivity index (χ3v) is 10.1. The summed E-state index contributed by atoms with van der Waals surface area (Å²) in [5, 5.41) is 5.25. The minimum absolute atomic E-state index is 0.580. The van der Waals surface area contributed by atoms with Crippen molar-refractivity contribution in [2.45, 2.75) is 0 Å². The van der Waals surface area contributed by atoms with E-state index in [9.17, 15) is 0 Å². The van der Waals surface area contributed by atoms with Crippen LogP contribution in [0.1, 0.15) is 0 Å². The highest BCUT2D eigenvalue weighted by atomic mass is 32.1. The van der Waals surface area contributed by atoms with Crippen molar-refractivity contribution in [2.75, 3.05) is 0 Å². The van der Waals surface area contributed by atoms with Crippen LogP contribution in [0.2, 0.25) is 0 Å². The second-order valence-corrected chi connectivity index (χ2v) is 12.9. The molecule has 0 bridgehead atoms. The molecule has 0 saturated heterocycles. The number of hydrogen-bond acceptors (Lipinski definition) is 6. The van der Waals surface area contributed by atoms with Gasteiger partial charge in [-0.25, -0.2) is 19.9 Å². The lowest BCUT2D eigenvalue weighted by Gasteiger charge is -2.11. The van der Waals surface area contributed by atoms with E-state index in [-0.39, 0.29) is 0 Å². The number of para-hydroxylation sites is 1. The van der Waals surface area contributed by atoms with Crippen molar-refractivity contribution in [3.63, 3.8) is 0 Å². The van der Waals surface area contributed by atoms with Crippen LogP contribution in [0.5, 0.6) is 0 Å². The first-order valence-electron chi connectivity index (χ1n) is 15.8. The highest BCUT2D eigenvalue weighted by molar-refractivity contribution is 7.25. The molecule has 0 aliphatic heterocycles. The van der Waals surface area contributed by atoms with E-state index in [0.717, 1.165) is 60.5 Å². The summed E-state index contributed by atoms with van der Waals surface area (Å²) in [5.41, 5.74) is 7.05. The van der Waals surface area contributed by atoms with E-state index in [1.54, 1.807) is 11.3 Å². The highest BCUT2D eigenvalue weighted by Gasteiger charge is 2.22. The Morgan fingerprint density at radius 1 is 0.438 bits per heavy atom. The van der Waals surface area contributed by atoms with Gasteiger partial charge in [-0.05, 0) is 42.0 Å². The fraction of sp³-hybridized carbons (Fsp3) is 0. The predicted molar refractivity (Wildman–Crippen MR) is 197 cm³/mol. The monoisotopic (exact) mass is 632 g/mol. The fourth-order valence-corrected chi connectivity index (χ4v) is 7.87. The Balaban J connectivity index is 1.30. The first-order valence-corrected chi connectivity index (χ1v) is 16.6. The van der Waals surface area contributed by atoms with Crippen LogP contribution in [0.15, 0.2) is 150 Å². The molecule has 4 aromatic heterocycles. The van der Waals surface area contributed by atoms with Crippen molar-refractivity contribution in [3.8, 4) is 45.3 Å². The summed E-state index contributed by atoms with van der Waals surface area (Å²) in [6.45, 7) is 0. The van der Waals surface area contributed by atoms with E-state index in [1.165, 1.54) is 14.8 Å². The minimum atomic E-state index is 0.580. The predicted octanol–water partition coefficient (Wildman–Crippen LogP) is 11.4. The number of aromatic nitrogens is 4. The number of furan rings is 1. The summed E-state index contributed by atoms with van der Waals surface area (Å²) in [6.07, 6.45) is 0. The molecule has 0 spiro atoms. The van der Waals surface area contributed by atoms with Gasteiger partial charge in [-0.2, -0.15) is 0 Å². The average Bonchev–Trinajstić information content (AvgIpc) is 3.72. The quantitative estimate of drug-likeness (QED) is 0.193. The number of pyridine rings is 1. The van der Waals surface area contributed by atoms with E-state index < -0.39 is 0 Å². The fourth-order valence-electron chi connectivity index (χ4n) is 6.73.